The fraction of sp³-hybridized carbons (Fsp3) is 0.250. The monoisotopic (exact) mass is 412 g/mol. The molecule has 0 atom stereocenters. The van der Waals surface area contributed by atoms with Crippen LogP contribution in [0.25, 0.3) is 0 Å². The zero-order valence-electron chi connectivity index (χ0n) is 15.8. The molecule has 1 aliphatic carbocycles. The third-order valence-electron chi connectivity index (χ3n) is 4.86. The minimum Gasteiger partial charge on any atom is -0.481 e. The summed E-state index contributed by atoms with van der Waals surface area (Å²) < 4.78 is 34.3. The van der Waals surface area contributed by atoms with Crippen molar-refractivity contribution >= 4 is 15.9 Å². The highest BCUT2D eigenvalue weighted by molar-refractivity contribution is 7.90. The van der Waals surface area contributed by atoms with Crippen LogP contribution in [-0.4, -0.2) is 36.2 Å². The van der Waals surface area contributed by atoms with Crippen molar-refractivity contribution < 1.29 is 17.9 Å². The summed E-state index contributed by atoms with van der Waals surface area (Å²) in [5.74, 6) is -0.572. The van der Waals surface area contributed by atoms with Crippen LogP contribution in [0.1, 0.15) is 33.6 Å². The molecule has 0 aliphatic heterocycles. The SMILES string of the molecule is COc1nc(C(=O)NS(=O)(=O)c2ccc3c(c2)CCC3)ccc1Cn1cccn1. The maximum absolute atomic E-state index is 12.6. The molecule has 0 saturated heterocycles. The Labute approximate surface area is 168 Å². The summed E-state index contributed by atoms with van der Waals surface area (Å²) in [6, 6.07) is 9.91. The largest absolute Gasteiger partial charge is 0.481 e. The van der Waals surface area contributed by atoms with Crippen molar-refractivity contribution in [3.05, 3.63) is 71.2 Å². The summed E-state index contributed by atoms with van der Waals surface area (Å²) in [7, 11) is -2.55. The number of rotatable bonds is 6. The number of carbonyl (C=O) groups is 1. The summed E-state index contributed by atoms with van der Waals surface area (Å²) in [6.07, 6.45) is 6.27. The van der Waals surface area contributed by atoms with Crippen molar-refractivity contribution in [3.63, 3.8) is 0 Å². The minimum absolute atomic E-state index is 0.0456. The third kappa shape index (κ3) is 4.00. The van der Waals surface area contributed by atoms with Gasteiger partial charge in [-0.05, 0) is 60.7 Å². The van der Waals surface area contributed by atoms with Gasteiger partial charge in [-0.2, -0.15) is 5.10 Å². The lowest BCUT2D eigenvalue weighted by Gasteiger charge is -2.11. The number of hydrogen-bond acceptors (Lipinski definition) is 6. The normalized spacial score (nSPS) is 13.1. The second kappa shape index (κ2) is 7.67. The molecule has 2 aromatic heterocycles. The van der Waals surface area contributed by atoms with Gasteiger partial charge >= 0.3 is 0 Å². The molecule has 0 unspecified atom stereocenters. The molecule has 0 radical (unpaired) electrons. The average Bonchev–Trinajstić information content (AvgIpc) is 3.38. The maximum atomic E-state index is 12.6. The van der Waals surface area contributed by atoms with E-state index in [2.05, 4.69) is 14.8 Å². The smallest absolute Gasteiger partial charge is 0.283 e. The molecule has 4 rings (SSSR count). The molecule has 29 heavy (non-hydrogen) atoms. The highest BCUT2D eigenvalue weighted by atomic mass is 32.2. The molecular formula is C20H20N4O4S. The lowest BCUT2D eigenvalue weighted by molar-refractivity contribution is 0.0975. The number of ether oxygens (including phenoxy) is 1. The molecule has 8 nitrogen and oxygen atoms in total. The number of nitrogens with zero attached hydrogens (tertiary/aromatic N) is 3. The zero-order chi connectivity index (χ0) is 20.4. The van der Waals surface area contributed by atoms with Crippen molar-refractivity contribution in [2.45, 2.75) is 30.7 Å². The first-order chi connectivity index (χ1) is 14.0. The molecule has 1 N–H and O–H groups in total. The van der Waals surface area contributed by atoms with Gasteiger partial charge in [-0.15, -0.1) is 0 Å². The number of nitrogens with one attached hydrogen (secondary N) is 1. The third-order valence-corrected chi connectivity index (χ3v) is 6.19. The number of methoxy groups -OCH3 is 1. The Morgan fingerprint density at radius 2 is 2.03 bits per heavy atom. The number of hydrogen-bond donors (Lipinski definition) is 1. The summed E-state index contributed by atoms with van der Waals surface area (Å²) in [4.78, 5) is 16.8. The standard InChI is InChI=1S/C20H20N4O4S/c1-28-20-16(13-24-11-3-10-21-24)7-9-18(22-20)19(25)23-29(26,27)17-8-6-14-4-2-5-15(14)12-17/h3,6-12H,2,4-5,13H2,1H3,(H,23,25). The predicted molar refractivity (Wildman–Crippen MR) is 105 cm³/mol. The first-order valence-corrected chi connectivity index (χ1v) is 10.6. The van der Waals surface area contributed by atoms with Crippen LogP contribution in [0, 0.1) is 0 Å². The van der Waals surface area contributed by atoms with E-state index in [0.29, 0.717) is 12.1 Å². The lowest BCUT2D eigenvalue weighted by atomic mass is 10.1. The summed E-state index contributed by atoms with van der Waals surface area (Å²) in [5, 5.41) is 4.13. The van der Waals surface area contributed by atoms with E-state index in [-0.39, 0.29) is 16.5 Å². The Morgan fingerprint density at radius 1 is 1.21 bits per heavy atom. The van der Waals surface area contributed by atoms with E-state index >= 15 is 0 Å². The Balaban J connectivity index is 1.54. The van der Waals surface area contributed by atoms with E-state index in [1.807, 2.05) is 6.07 Å². The van der Waals surface area contributed by atoms with E-state index in [9.17, 15) is 13.2 Å². The van der Waals surface area contributed by atoms with Gasteiger partial charge in [0.2, 0.25) is 5.88 Å². The highest BCUT2D eigenvalue weighted by Crippen LogP contribution is 2.25. The van der Waals surface area contributed by atoms with Gasteiger partial charge in [0.05, 0.1) is 18.6 Å². The first kappa shape index (κ1) is 19.1. The molecule has 1 amide bonds. The van der Waals surface area contributed by atoms with Crippen molar-refractivity contribution in [1.29, 1.82) is 0 Å². The van der Waals surface area contributed by atoms with Crippen LogP contribution in [0.5, 0.6) is 5.88 Å². The Bertz CT molecular complexity index is 1160. The van der Waals surface area contributed by atoms with Crippen molar-refractivity contribution in [2.75, 3.05) is 7.11 Å². The average molecular weight is 412 g/mol. The molecule has 0 spiro atoms. The number of sulfonamides is 1. The molecule has 0 saturated carbocycles. The number of benzene rings is 1. The highest BCUT2D eigenvalue weighted by Gasteiger charge is 2.22. The minimum atomic E-state index is -3.99. The molecular weight excluding hydrogens is 392 g/mol. The van der Waals surface area contributed by atoms with Crippen molar-refractivity contribution in [1.82, 2.24) is 19.5 Å². The summed E-state index contributed by atoms with van der Waals surface area (Å²) in [6.45, 7) is 0.415. The van der Waals surface area contributed by atoms with Crippen LogP contribution >= 0.6 is 0 Å². The van der Waals surface area contributed by atoms with Gasteiger partial charge in [0.1, 0.15) is 5.69 Å². The predicted octanol–water partition coefficient (Wildman–Crippen LogP) is 1.94. The van der Waals surface area contributed by atoms with Crippen LogP contribution in [0.2, 0.25) is 0 Å². The van der Waals surface area contributed by atoms with Crippen LogP contribution in [-0.2, 0) is 29.4 Å². The fourth-order valence-electron chi connectivity index (χ4n) is 3.41. The van der Waals surface area contributed by atoms with Crippen LogP contribution in [0.15, 0.2) is 53.7 Å². The summed E-state index contributed by atoms with van der Waals surface area (Å²) >= 11 is 0. The van der Waals surface area contributed by atoms with Crippen LogP contribution in [0.3, 0.4) is 0 Å². The molecule has 150 valence electrons. The van der Waals surface area contributed by atoms with Gasteiger partial charge in [-0.1, -0.05) is 6.07 Å². The lowest BCUT2D eigenvalue weighted by Crippen LogP contribution is -2.31. The second-order valence-corrected chi connectivity index (χ2v) is 8.47. The van der Waals surface area contributed by atoms with E-state index in [1.54, 1.807) is 35.3 Å². The quantitative estimate of drug-likeness (QED) is 0.664. The van der Waals surface area contributed by atoms with Gasteiger partial charge in [0, 0.05) is 18.0 Å². The number of aromatic nitrogens is 3. The fourth-order valence-corrected chi connectivity index (χ4v) is 4.42. The van der Waals surface area contributed by atoms with E-state index in [4.69, 9.17) is 4.74 Å². The van der Waals surface area contributed by atoms with Gasteiger partial charge < -0.3 is 4.74 Å². The zero-order valence-corrected chi connectivity index (χ0v) is 16.6. The number of carbonyl (C=O) groups excluding carboxylic acids is 1. The molecule has 1 aromatic carbocycles. The van der Waals surface area contributed by atoms with Crippen molar-refractivity contribution in [3.8, 4) is 5.88 Å². The first-order valence-electron chi connectivity index (χ1n) is 9.16. The molecule has 2 heterocycles. The number of aryl methyl sites for hydroxylation is 2. The molecule has 3 aromatic rings. The number of pyridine rings is 1. The molecule has 0 bridgehead atoms. The Morgan fingerprint density at radius 3 is 2.79 bits per heavy atom. The van der Waals surface area contributed by atoms with E-state index < -0.39 is 15.9 Å². The second-order valence-electron chi connectivity index (χ2n) is 6.79. The number of fused-ring (bicyclic) bond motifs is 1. The van der Waals surface area contributed by atoms with Crippen LogP contribution < -0.4 is 9.46 Å². The van der Waals surface area contributed by atoms with Gasteiger partial charge in [-0.25, -0.2) is 18.1 Å². The van der Waals surface area contributed by atoms with Gasteiger partial charge in [0.25, 0.3) is 15.9 Å². The molecule has 9 heteroatoms. The van der Waals surface area contributed by atoms with Crippen molar-refractivity contribution in [2.24, 2.45) is 0 Å². The van der Waals surface area contributed by atoms with Gasteiger partial charge in [-0.3, -0.25) is 9.48 Å². The van der Waals surface area contributed by atoms with E-state index in [1.165, 1.54) is 19.2 Å². The van der Waals surface area contributed by atoms with Gasteiger partial charge in [0.15, 0.2) is 0 Å². The Kier molecular flexibility index (Phi) is 5.06. The van der Waals surface area contributed by atoms with E-state index in [0.717, 1.165) is 30.4 Å². The molecule has 0 fully saturated rings. The van der Waals surface area contributed by atoms with Crippen LogP contribution in [0.4, 0.5) is 0 Å². The Hall–Kier alpha value is -3.20. The number of amides is 1. The topological polar surface area (TPSA) is 103 Å². The summed E-state index contributed by atoms with van der Waals surface area (Å²) in [5.41, 5.74) is 2.85. The molecule has 1 aliphatic rings. The maximum Gasteiger partial charge on any atom is 0.283 e.